The van der Waals surface area contributed by atoms with Gasteiger partial charge in [0.25, 0.3) is 0 Å². The molecule has 15 heavy (non-hydrogen) atoms. The van der Waals surface area contributed by atoms with Gasteiger partial charge in [-0.3, -0.25) is 4.79 Å². The molecule has 0 radical (unpaired) electrons. The van der Waals surface area contributed by atoms with Crippen LogP contribution in [-0.2, 0) is 4.79 Å². The lowest BCUT2D eigenvalue weighted by molar-refractivity contribution is -0.121. The van der Waals surface area contributed by atoms with Crippen LogP contribution in [0.2, 0.25) is 0 Å². The van der Waals surface area contributed by atoms with Gasteiger partial charge in [0, 0.05) is 19.0 Å². The van der Waals surface area contributed by atoms with Crippen molar-refractivity contribution in [2.75, 3.05) is 11.9 Å². The molecule has 1 aliphatic rings. The van der Waals surface area contributed by atoms with E-state index in [1.165, 1.54) is 11.3 Å². The molecule has 1 aliphatic carbocycles. The van der Waals surface area contributed by atoms with Crippen LogP contribution in [0.3, 0.4) is 0 Å². The van der Waals surface area contributed by atoms with E-state index in [0.717, 1.165) is 30.9 Å². The summed E-state index contributed by atoms with van der Waals surface area (Å²) >= 11 is 1.47. The molecule has 0 atom stereocenters. The van der Waals surface area contributed by atoms with Gasteiger partial charge >= 0.3 is 0 Å². The smallest absolute Gasteiger partial charge is 0.220 e. The van der Waals surface area contributed by atoms with E-state index in [1.54, 1.807) is 5.51 Å². The molecule has 0 aromatic carbocycles. The monoisotopic (exact) mass is 226 g/mol. The molecule has 0 saturated heterocycles. The first kappa shape index (κ1) is 10.4. The van der Waals surface area contributed by atoms with Gasteiger partial charge in [-0.2, -0.15) is 0 Å². The Bertz CT molecular complexity index is 310. The predicted octanol–water partition coefficient (Wildman–Crippen LogP) is 1.01. The number of nitrogens with zero attached hydrogens (tertiary/aromatic N) is 2. The number of carbonyl (C=O) groups excluding carboxylic acids is 1. The third-order valence-electron chi connectivity index (χ3n) is 2.16. The van der Waals surface area contributed by atoms with Gasteiger partial charge in [-0.1, -0.05) is 11.3 Å². The summed E-state index contributed by atoms with van der Waals surface area (Å²) in [6.07, 6.45) is 3.71. The van der Waals surface area contributed by atoms with Gasteiger partial charge in [-0.25, -0.2) is 0 Å². The van der Waals surface area contributed by atoms with E-state index >= 15 is 0 Å². The molecule has 1 fully saturated rings. The molecule has 5 nitrogen and oxygen atoms in total. The Morgan fingerprint density at radius 2 is 2.47 bits per heavy atom. The number of carbonyl (C=O) groups is 1. The molecule has 2 N–H and O–H groups in total. The minimum atomic E-state index is 0.163. The second-order valence-corrected chi connectivity index (χ2v) is 4.45. The van der Waals surface area contributed by atoms with Gasteiger partial charge in [-0.05, 0) is 19.3 Å². The first-order valence-electron chi connectivity index (χ1n) is 5.14. The minimum Gasteiger partial charge on any atom is -0.360 e. The Kier molecular flexibility index (Phi) is 3.49. The van der Waals surface area contributed by atoms with Crippen LogP contribution in [0.25, 0.3) is 0 Å². The average Bonchev–Trinajstić information content (AvgIpc) is 2.87. The Hall–Kier alpha value is -1.17. The van der Waals surface area contributed by atoms with Crippen molar-refractivity contribution >= 4 is 22.4 Å². The van der Waals surface area contributed by atoms with Crippen LogP contribution in [0, 0.1) is 0 Å². The van der Waals surface area contributed by atoms with E-state index in [1.807, 2.05) is 0 Å². The van der Waals surface area contributed by atoms with Crippen molar-refractivity contribution in [3.05, 3.63) is 5.51 Å². The highest BCUT2D eigenvalue weighted by Crippen LogP contribution is 2.18. The van der Waals surface area contributed by atoms with E-state index in [2.05, 4.69) is 20.8 Å². The second kappa shape index (κ2) is 5.06. The third kappa shape index (κ3) is 3.83. The number of amides is 1. The van der Waals surface area contributed by atoms with Crippen LogP contribution in [0.1, 0.15) is 25.7 Å². The quantitative estimate of drug-likeness (QED) is 0.710. The summed E-state index contributed by atoms with van der Waals surface area (Å²) in [7, 11) is 0. The van der Waals surface area contributed by atoms with Gasteiger partial charge in [0.2, 0.25) is 11.0 Å². The maximum atomic E-state index is 11.3. The van der Waals surface area contributed by atoms with Crippen molar-refractivity contribution < 1.29 is 4.79 Å². The van der Waals surface area contributed by atoms with Gasteiger partial charge in [-0.15, -0.1) is 10.2 Å². The van der Waals surface area contributed by atoms with Gasteiger partial charge < -0.3 is 10.6 Å². The van der Waals surface area contributed by atoms with E-state index in [4.69, 9.17) is 0 Å². The number of hydrogen-bond acceptors (Lipinski definition) is 5. The molecule has 0 spiro atoms. The number of anilines is 1. The fourth-order valence-corrected chi connectivity index (χ4v) is 1.70. The highest BCUT2D eigenvalue weighted by molar-refractivity contribution is 7.13. The Labute approximate surface area is 92.3 Å². The topological polar surface area (TPSA) is 66.9 Å². The SMILES string of the molecule is O=C(CCCNc1nncs1)NC1CC1. The molecule has 0 bridgehead atoms. The minimum absolute atomic E-state index is 0.163. The number of aromatic nitrogens is 2. The molecule has 1 aromatic rings. The van der Waals surface area contributed by atoms with Gasteiger partial charge in [0.1, 0.15) is 5.51 Å². The second-order valence-electron chi connectivity index (χ2n) is 3.62. The Morgan fingerprint density at radius 1 is 1.60 bits per heavy atom. The number of hydrogen-bond donors (Lipinski definition) is 2. The molecule has 6 heteroatoms. The zero-order valence-electron chi connectivity index (χ0n) is 8.40. The van der Waals surface area contributed by atoms with Crippen LogP contribution in [0.5, 0.6) is 0 Å². The third-order valence-corrected chi connectivity index (χ3v) is 2.81. The first-order chi connectivity index (χ1) is 7.34. The summed E-state index contributed by atoms with van der Waals surface area (Å²) < 4.78 is 0. The van der Waals surface area contributed by atoms with Crippen molar-refractivity contribution in [1.29, 1.82) is 0 Å². The number of rotatable bonds is 6. The lowest BCUT2D eigenvalue weighted by Crippen LogP contribution is -2.25. The summed E-state index contributed by atoms with van der Waals surface area (Å²) in [5.74, 6) is 0.163. The molecule has 82 valence electrons. The maximum absolute atomic E-state index is 11.3. The lowest BCUT2D eigenvalue weighted by atomic mass is 10.3. The van der Waals surface area contributed by atoms with E-state index in [0.29, 0.717) is 12.5 Å². The van der Waals surface area contributed by atoms with Crippen molar-refractivity contribution in [1.82, 2.24) is 15.5 Å². The fraction of sp³-hybridized carbons (Fsp3) is 0.667. The summed E-state index contributed by atoms with van der Waals surface area (Å²) in [6.45, 7) is 0.771. The zero-order valence-corrected chi connectivity index (χ0v) is 9.22. The Balaban J connectivity index is 1.52. The van der Waals surface area contributed by atoms with Crippen LogP contribution in [-0.4, -0.2) is 28.7 Å². The lowest BCUT2D eigenvalue weighted by Gasteiger charge is -2.03. The van der Waals surface area contributed by atoms with Crippen molar-refractivity contribution in [3.8, 4) is 0 Å². The van der Waals surface area contributed by atoms with Crippen LogP contribution in [0.4, 0.5) is 5.13 Å². The fourth-order valence-electron chi connectivity index (χ4n) is 1.22. The summed E-state index contributed by atoms with van der Waals surface area (Å²) in [6, 6.07) is 0.466. The molecular formula is C9H14N4OS. The van der Waals surface area contributed by atoms with Gasteiger partial charge in [0.05, 0.1) is 0 Å². The molecule has 0 unspecified atom stereocenters. The zero-order chi connectivity index (χ0) is 10.5. The van der Waals surface area contributed by atoms with Gasteiger partial charge in [0.15, 0.2) is 0 Å². The predicted molar refractivity (Wildman–Crippen MR) is 58.8 cm³/mol. The summed E-state index contributed by atoms with van der Waals surface area (Å²) in [5, 5.41) is 14.4. The molecule has 1 amide bonds. The Morgan fingerprint density at radius 3 is 3.13 bits per heavy atom. The average molecular weight is 226 g/mol. The maximum Gasteiger partial charge on any atom is 0.220 e. The van der Waals surface area contributed by atoms with Crippen LogP contribution >= 0.6 is 11.3 Å². The van der Waals surface area contributed by atoms with Crippen molar-refractivity contribution in [2.45, 2.75) is 31.7 Å². The number of nitrogens with one attached hydrogen (secondary N) is 2. The van der Waals surface area contributed by atoms with Crippen molar-refractivity contribution in [3.63, 3.8) is 0 Å². The largest absolute Gasteiger partial charge is 0.360 e. The summed E-state index contributed by atoms with van der Waals surface area (Å²) in [5.41, 5.74) is 1.68. The summed E-state index contributed by atoms with van der Waals surface area (Å²) in [4.78, 5) is 11.3. The highest BCUT2D eigenvalue weighted by atomic mass is 32.1. The first-order valence-corrected chi connectivity index (χ1v) is 6.02. The molecule has 2 rings (SSSR count). The van der Waals surface area contributed by atoms with E-state index in [-0.39, 0.29) is 5.91 Å². The standard InChI is InChI=1S/C9H14N4OS/c14-8(12-7-3-4-7)2-1-5-10-9-13-11-6-15-9/h6-7H,1-5H2,(H,10,13)(H,12,14). The molecule has 0 aliphatic heterocycles. The molecule has 1 saturated carbocycles. The van der Waals surface area contributed by atoms with Crippen LogP contribution < -0.4 is 10.6 Å². The van der Waals surface area contributed by atoms with Crippen LogP contribution in [0.15, 0.2) is 5.51 Å². The van der Waals surface area contributed by atoms with Crippen molar-refractivity contribution in [2.24, 2.45) is 0 Å². The molecule has 1 heterocycles. The normalized spacial score (nSPS) is 14.9. The molecule has 1 aromatic heterocycles. The van der Waals surface area contributed by atoms with E-state index in [9.17, 15) is 4.79 Å². The van der Waals surface area contributed by atoms with E-state index < -0.39 is 0 Å². The molecular weight excluding hydrogens is 212 g/mol. The highest BCUT2D eigenvalue weighted by Gasteiger charge is 2.22.